The molecule has 6 nitrogen and oxygen atoms in total. The summed E-state index contributed by atoms with van der Waals surface area (Å²) in [6.45, 7) is 1.47. The van der Waals surface area contributed by atoms with E-state index in [4.69, 9.17) is 5.26 Å². The molecule has 0 aromatic carbocycles. The predicted octanol–water partition coefficient (Wildman–Crippen LogP) is 0.657. The highest BCUT2D eigenvalue weighted by atomic mass is 15.4. The molecule has 80 valence electrons. The van der Waals surface area contributed by atoms with E-state index in [0.29, 0.717) is 5.69 Å². The van der Waals surface area contributed by atoms with E-state index in [1.54, 1.807) is 29.3 Å². The predicted molar refractivity (Wildman–Crippen MR) is 57.5 cm³/mol. The number of hydrogen-bond donors (Lipinski definition) is 1. The van der Waals surface area contributed by atoms with Crippen molar-refractivity contribution in [3.8, 4) is 6.07 Å². The van der Waals surface area contributed by atoms with E-state index >= 15 is 0 Å². The van der Waals surface area contributed by atoms with Crippen LogP contribution >= 0.6 is 0 Å². The molecule has 0 amide bonds. The molecule has 0 saturated heterocycles. The van der Waals surface area contributed by atoms with E-state index < -0.39 is 0 Å². The lowest BCUT2D eigenvalue weighted by Crippen LogP contribution is -2.11. The largest absolute Gasteiger partial charge is 0.382 e. The number of anilines is 1. The van der Waals surface area contributed by atoms with Gasteiger partial charge in [0.05, 0.1) is 24.6 Å². The molecule has 1 N–H and O–H groups in total. The quantitative estimate of drug-likeness (QED) is 0.808. The standard InChI is InChI=1S/C10H10N6/c11-7-9-1-2-10(8-13-9)12-3-5-16-6-4-14-15-16/h1-2,4,6,8,12H,3,5H2. The van der Waals surface area contributed by atoms with Crippen molar-refractivity contribution in [2.45, 2.75) is 6.54 Å². The summed E-state index contributed by atoms with van der Waals surface area (Å²) in [5, 5.41) is 19.3. The topological polar surface area (TPSA) is 79.4 Å². The first kappa shape index (κ1) is 10.1. The summed E-state index contributed by atoms with van der Waals surface area (Å²) in [4.78, 5) is 3.95. The molecule has 0 aliphatic heterocycles. The van der Waals surface area contributed by atoms with E-state index in [1.807, 2.05) is 12.1 Å². The number of hydrogen-bond acceptors (Lipinski definition) is 5. The highest BCUT2D eigenvalue weighted by Gasteiger charge is 1.95. The van der Waals surface area contributed by atoms with Crippen LogP contribution in [0.4, 0.5) is 5.69 Å². The van der Waals surface area contributed by atoms with Crippen molar-refractivity contribution in [2.24, 2.45) is 0 Å². The summed E-state index contributed by atoms with van der Waals surface area (Å²) in [7, 11) is 0. The van der Waals surface area contributed by atoms with Crippen molar-refractivity contribution in [3.05, 3.63) is 36.4 Å². The van der Waals surface area contributed by atoms with Gasteiger partial charge in [0.25, 0.3) is 0 Å². The first-order chi connectivity index (χ1) is 7.88. The van der Waals surface area contributed by atoms with Crippen LogP contribution in [0.25, 0.3) is 0 Å². The maximum Gasteiger partial charge on any atom is 0.140 e. The zero-order valence-corrected chi connectivity index (χ0v) is 8.54. The molecule has 2 rings (SSSR count). The minimum atomic E-state index is 0.418. The number of nitriles is 1. The molecule has 2 aromatic rings. The third-order valence-corrected chi connectivity index (χ3v) is 2.02. The fourth-order valence-corrected chi connectivity index (χ4v) is 1.23. The monoisotopic (exact) mass is 214 g/mol. The fraction of sp³-hybridized carbons (Fsp3) is 0.200. The molecule has 0 saturated carbocycles. The van der Waals surface area contributed by atoms with Gasteiger partial charge in [-0.05, 0) is 12.1 Å². The van der Waals surface area contributed by atoms with Crippen LogP contribution in [0.3, 0.4) is 0 Å². The van der Waals surface area contributed by atoms with Gasteiger partial charge in [0.15, 0.2) is 0 Å². The van der Waals surface area contributed by atoms with Crippen molar-refractivity contribution in [1.82, 2.24) is 20.0 Å². The number of rotatable bonds is 4. The van der Waals surface area contributed by atoms with Crippen LogP contribution in [-0.4, -0.2) is 26.5 Å². The normalized spacial score (nSPS) is 9.69. The van der Waals surface area contributed by atoms with Crippen molar-refractivity contribution >= 4 is 5.69 Å². The molecule has 16 heavy (non-hydrogen) atoms. The second kappa shape index (κ2) is 4.89. The smallest absolute Gasteiger partial charge is 0.140 e. The molecule has 0 spiro atoms. The van der Waals surface area contributed by atoms with Gasteiger partial charge in [0.1, 0.15) is 11.8 Å². The molecule has 0 aliphatic carbocycles. The Labute approximate surface area is 92.5 Å². The Morgan fingerprint density at radius 3 is 3.00 bits per heavy atom. The van der Waals surface area contributed by atoms with Gasteiger partial charge in [-0.3, -0.25) is 4.68 Å². The maximum absolute atomic E-state index is 8.58. The molecule has 6 heteroatoms. The Morgan fingerprint density at radius 2 is 2.38 bits per heavy atom. The number of aromatic nitrogens is 4. The van der Waals surface area contributed by atoms with Crippen LogP contribution in [0.5, 0.6) is 0 Å². The number of nitrogens with one attached hydrogen (secondary N) is 1. The van der Waals surface area contributed by atoms with Crippen molar-refractivity contribution in [1.29, 1.82) is 5.26 Å². The molecule has 0 atom stereocenters. The zero-order chi connectivity index (χ0) is 11.2. The van der Waals surface area contributed by atoms with E-state index in [9.17, 15) is 0 Å². The molecular formula is C10H10N6. The van der Waals surface area contributed by atoms with Gasteiger partial charge >= 0.3 is 0 Å². The second-order valence-electron chi connectivity index (χ2n) is 3.14. The fourth-order valence-electron chi connectivity index (χ4n) is 1.23. The molecule has 2 aromatic heterocycles. The van der Waals surface area contributed by atoms with Gasteiger partial charge in [0, 0.05) is 12.7 Å². The minimum Gasteiger partial charge on any atom is -0.382 e. The van der Waals surface area contributed by atoms with Gasteiger partial charge in [0.2, 0.25) is 0 Å². The first-order valence-electron chi connectivity index (χ1n) is 4.82. The SMILES string of the molecule is N#Cc1ccc(NCCn2ccnn2)cn1. The Hall–Kier alpha value is -2.42. The second-order valence-corrected chi connectivity index (χ2v) is 3.14. The summed E-state index contributed by atoms with van der Waals surface area (Å²) in [5.74, 6) is 0. The lowest BCUT2D eigenvalue weighted by molar-refractivity contribution is 0.609. The summed E-state index contributed by atoms with van der Waals surface area (Å²) in [5.41, 5.74) is 1.31. The summed E-state index contributed by atoms with van der Waals surface area (Å²) < 4.78 is 1.74. The van der Waals surface area contributed by atoms with Crippen LogP contribution in [-0.2, 0) is 6.54 Å². The van der Waals surface area contributed by atoms with E-state index in [0.717, 1.165) is 18.8 Å². The average molecular weight is 214 g/mol. The van der Waals surface area contributed by atoms with Gasteiger partial charge < -0.3 is 5.32 Å². The summed E-state index contributed by atoms with van der Waals surface area (Å²) >= 11 is 0. The Kier molecular flexibility index (Phi) is 3.09. The number of pyridine rings is 1. The lowest BCUT2D eigenvalue weighted by atomic mass is 10.3. The van der Waals surface area contributed by atoms with Gasteiger partial charge in [-0.25, -0.2) is 4.98 Å². The van der Waals surface area contributed by atoms with Crippen molar-refractivity contribution in [3.63, 3.8) is 0 Å². The van der Waals surface area contributed by atoms with Crippen molar-refractivity contribution < 1.29 is 0 Å². The summed E-state index contributed by atoms with van der Waals surface area (Å²) in [6, 6.07) is 5.48. The zero-order valence-electron chi connectivity index (χ0n) is 8.54. The highest BCUT2D eigenvalue weighted by Crippen LogP contribution is 2.04. The Bertz CT molecular complexity index is 467. The lowest BCUT2D eigenvalue weighted by Gasteiger charge is -2.05. The maximum atomic E-state index is 8.58. The Balaban J connectivity index is 1.83. The van der Waals surface area contributed by atoms with Crippen LogP contribution in [0.15, 0.2) is 30.7 Å². The Morgan fingerprint density at radius 1 is 1.44 bits per heavy atom. The molecular weight excluding hydrogens is 204 g/mol. The van der Waals surface area contributed by atoms with Crippen molar-refractivity contribution in [2.75, 3.05) is 11.9 Å². The molecule has 0 bridgehead atoms. The van der Waals surface area contributed by atoms with Crippen LogP contribution in [0, 0.1) is 11.3 Å². The van der Waals surface area contributed by atoms with Crippen LogP contribution in [0.2, 0.25) is 0 Å². The van der Waals surface area contributed by atoms with E-state index in [1.165, 1.54) is 0 Å². The minimum absolute atomic E-state index is 0.418. The third-order valence-electron chi connectivity index (χ3n) is 2.02. The van der Waals surface area contributed by atoms with Gasteiger partial charge in [-0.1, -0.05) is 5.21 Å². The molecule has 0 radical (unpaired) electrons. The average Bonchev–Trinajstić information content (AvgIpc) is 2.83. The number of nitrogens with zero attached hydrogens (tertiary/aromatic N) is 5. The highest BCUT2D eigenvalue weighted by molar-refractivity contribution is 5.42. The first-order valence-corrected chi connectivity index (χ1v) is 4.82. The van der Waals surface area contributed by atoms with Gasteiger partial charge in [-0.2, -0.15) is 5.26 Å². The molecule has 0 fully saturated rings. The van der Waals surface area contributed by atoms with E-state index in [-0.39, 0.29) is 0 Å². The summed E-state index contributed by atoms with van der Waals surface area (Å²) in [6.07, 6.45) is 5.09. The van der Waals surface area contributed by atoms with Crippen LogP contribution in [0.1, 0.15) is 5.69 Å². The molecule has 0 unspecified atom stereocenters. The van der Waals surface area contributed by atoms with E-state index in [2.05, 4.69) is 20.6 Å². The molecule has 2 heterocycles. The third kappa shape index (κ3) is 2.54. The van der Waals surface area contributed by atoms with Crippen LogP contribution < -0.4 is 5.32 Å². The van der Waals surface area contributed by atoms with Gasteiger partial charge in [-0.15, -0.1) is 5.10 Å². The molecule has 0 aliphatic rings.